The van der Waals surface area contributed by atoms with E-state index in [1.165, 1.54) is 6.42 Å². The lowest BCUT2D eigenvalue weighted by Gasteiger charge is -2.50. The number of hydrogen-bond donors (Lipinski definition) is 0. The molecule has 2 aliphatic carbocycles. The molecule has 1 aromatic carbocycles. The number of piperazine rings is 1. The number of carbonyl (C=O) groups is 1. The molecule has 0 aromatic heterocycles. The lowest BCUT2D eigenvalue weighted by molar-refractivity contribution is 0.0162. The lowest BCUT2D eigenvalue weighted by Crippen LogP contribution is -2.59. The summed E-state index contributed by atoms with van der Waals surface area (Å²) in [5, 5.41) is 0.773. The number of carbonyl (C=O) groups excluding carboxylic acids is 1. The van der Waals surface area contributed by atoms with Gasteiger partial charge in [-0.05, 0) is 50.3 Å². The molecule has 0 bridgehead atoms. The van der Waals surface area contributed by atoms with Crippen LogP contribution in [0.25, 0.3) is 0 Å². The number of sulfonamides is 1. The average molecular weight is 487 g/mol. The first kappa shape index (κ1) is 23.5. The van der Waals surface area contributed by atoms with Crippen LogP contribution in [0.15, 0.2) is 18.2 Å². The third-order valence-electron chi connectivity index (χ3n) is 7.58. The summed E-state index contributed by atoms with van der Waals surface area (Å²) >= 11 is 12.2. The summed E-state index contributed by atoms with van der Waals surface area (Å²) in [6.07, 6.45) is 9.58. The van der Waals surface area contributed by atoms with Gasteiger partial charge in [-0.1, -0.05) is 48.9 Å². The van der Waals surface area contributed by atoms with Crippen molar-refractivity contribution in [3.8, 4) is 0 Å². The minimum atomic E-state index is -3.14. The minimum absolute atomic E-state index is 0.0147. The van der Waals surface area contributed by atoms with E-state index >= 15 is 0 Å². The fourth-order valence-electron chi connectivity index (χ4n) is 5.43. The Morgan fingerprint density at radius 1 is 1.00 bits per heavy atom. The summed E-state index contributed by atoms with van der Waals surface area (Å²) in [7, 11) is -3.14. The van der Waals surface area contributed by atoms with Crippen molar-refractivity contribution < 1.29 is 13.2 Å². The van der Waals surface area contributed by atoms with Crippen molar-refractivity contribution in [2.24, 2.45) is 0 Å². The average Bonchev–Trinajstić information content (AvgIpc) is 2.71. The largest absolute Gasteiger partial charge is 0.295 e. The molecule has 0 N–H and O–H groups in total. The van der Waals surface area contributed by atoms with Gasteiger partial charge in [-0.3, -0.25) is 9.69 Å². The molecule has 1 aliphatic heterocycles. The van der Waals surface area contributed by atoms with Gasteiger partial charge >= 0.3 is 0 Å². The molecule has 3 fully saturated rings. The zero-order valence-electron chi connectivity index (χ0n) is 18.0. The quantitative estimate of drug-likeness (QED) is 0.499. The topological polar surface area (TPSA) is 57.7 Å². The molecule has 0 atom stereocenters. The molecule has 4 rings (SSSR count). The van der Waals surface area contributed by atoms with Crippen LogP contribution in [0.3, 0.4) is 0 Å². The lowest BCUT2D eigenvalue weighted by atomic mass is 9.76. The Bertz CT molecular complexity index is 903. The van der Waals surface area contributed by atoms with Crippen LogP contribution in [0.5, 0.6) is 0 Å². The highest BCUT2D eigenvalue weighted by atomic mass is 35.5. The van der Waals surface area contributed by atoms with Gasteiger partial charge in [0, 0.05) is 48.7 Å². The van der Waals surface area contributed by atoms with E-state index in [4.69, 9.17) is 23.2 Å². The van der Waals surface area contributed by atoms with E-state index in [1.807, 2.05) is 0 Å². The Balaban J connectivity index is 1.41. The first-order valence-corrected chi connectivity index (χ1v) is 13.8. The van der Waals surface area contributed by atoms with E-state index in [1.54, 1.807) is 22.5 Å². The molecule has 8 heteroatoms. The van der Waals surface area contributed by atoms with E-state index in [-0.39, 0.29) is 16.6 Å². The fraction of sp³-hybridized carbons (Fsp3) is 0.696. The molecule has 0 spiro atoms. The predicted molar refractivity (Wildman–Crippen MR) is 126 cm³/mol. The van der Waals surface area contributed by atoms with Crippen LogP contribution in [-0.4, -0.2) is 60.4 Å². The van der Waals surface area contributed by atoms with Crippen molar-refractivity contribution >= 4 is 39.0 Å². The number of halogens is 2. The Kier molecular flexibility index (Phi) is 7.34. The van der Waals surface area contributed by atoms with Gasteiger partial charge in [-0.25, -0.2) is 8.42 Å². The molecule has 0 amide bonds. The van der Waals surface area contributed by atoms with E-state index < -0.39 is 10.0 Å². The number of benzene rings is 1. The first-order chi connectivity index (χ1) is 14.8. The Hall–Kier alpha value is -0.660. The van der Waals surface area contributed by atoms with Crippen molar-refractivity contribution in [3.63, 3.8) is 0 Å². The molecule has 1 saturated heterocycles. The SMILES string of the molecule is O=C(CCC1(N2CCN(S(=O)(=O)C3CCC3)CC2)CCCCC1)c1ccc(Cl)cc1Cl. The molecule has 3 aliphatic rings. The van der Waals surface area contributed by atoms with Crippen LogP contribution in [0.1, 0.15) is 74.6 Å². The van der Waals surface area contributed by atoms with Gasteiger partial charge in [0.25, 0.3) is 0 Å². The third-order valence-corrected chi connectivity index (χ3v) is 10.5. The van der Waals surface area contributed by atoms with Crippen LogP contribution in [0, 0.1) is 0 Å². The van der Waals surface area contributed by atoms with Crippen molar-refractivity contribution in [2.45, 2.75) is 75.0 Å². The molecule has 31 heavy (non-hydrogen) atoms. The second-order valence-electron chi connectivity index (χ2n) is 9.32. The first-order valence-electron chi connectivity index (χ1n) is 11.5. The molecule has 2 saturated carbocycles. The van der Waals surface area contributed by atoms with Crippen molar-refractivity contribution in [1.82, 2.24) is 9.21 Å². The molecular formula is C23H32Cl2N2O3S. The standard InChI is InChI=1S/C23H32Cl2N2O3S/c24-18-7-8-20(21(25)17-18)22(28)9-12-23(10-2-1-3-11-23)26-13-15-27(16-14-26)31(29,30)19-5-4-6-19/h7-8,17,19H,1-6,9-16H2. The van der Waals surface area contributed by atoms with Crippen molar-refractivity contribution in [2.75, 3.05) is 26.2 Å². The van der Waals surface area contributed by atoms with Crippen LogP contribution in [-0.2, 0) is 10.0 Å². The molecule has 0 radical (unpaired) electrons. The van der Waals surface area contributed by atoms with Crippen LogP contribution >= 0.6 is 23.2 Å². The van der Waals surface area contributed by atoms with E-state index in [0.717, 1.165) is 64.5 Å². The second kappa shape index (κ2) is 9.68. The summed E-state index contributed by atoms with van der Waals surface area (Å²) in [6.45, 7) is 2.64. The monoisotopic (exact) mass is 486 g/mol. The smallest absolute Gasteiger partial charge is 0.217 e. The van der Waals surface area contributed by atoms with E-state index in [0.29, 0.717) is 35.1 Å². The van der Waals surface area contributed by atoms with Crippen molar-refractivity contribution in [1.29, 1.82) is 0 Å². The maximum Gasteiger partial charge on any atom is 0.217 e. The summed E-state index contributed by atoms with van der Waals surface area (Å²) in [5.41, 5.74) is 0.521. The van der Waals surface area contributed by atoms with Crippen LogP contribution < -0.4 is 0 Å². The summed E-state index contributed by atoms with van der Waals surface area (Å²) in [5.74, 6) is 0.0535. The predicted octanol–water partition coefficient (Wildman–Crippen LogP) is 5.16. The van der Waals surface area contributed by atoms with Gasteiger partial charge in [0.05, 0.1) is 10.3 Å². The highest BCUT2D eigenvalue weighted by molar-refractivity contribution is 7.89. The Labute approximate surface area is 196 Å². The zero-order valence-corrected chi connectivity index (χ0v) is 20.3. The summed E-state index contributed by atoms with van der Waals surface area (Å²) in [4.78, 5) is 15.4. The third kappa shape index (κ3) is 4.98. The molecule has 5 nitrogen and oxygen atoms in total. The normalized spacial score (nSPS) is 23.4. The number of rotatable bonds is 7. The van der Waals surface area contributed by atoms with Gasteiger partial charge in [-0.2, -0.15) is 4.31 Å². The summed E-state index contributed by atoms with van der Waals surface area (Å²) in [6, 6.07) is 5.04. The van der Waals surface area contributed by atoms with Crippen molar-refractivity contribution in [3.05, 3.63) is 33.8 Å². The zero-order chi connectivity index (χ0) is 22.1. The Morgan fingerprint density at radius 3 is 2.26 bits per heavy atom. The maximum atomic E-state index is 12.9. The Morgan fingerprint density at radius 2 is 1.68 bits per heavy atom. The van der Waals surface area contributed by atoms with E-state index in [9.17, 15) is 13.2 Å². The van der Waals surface area contributed by atoms with Gasteiger partial charge in [-0.15, -0.1) is 0 Å². The van der Waals surface area contributed by atoms with Gasteiger partial charge in [0.15, 0.2) is 5.78 Å². The van der Waals surface area contributed by atoms with Crippen LogP contribution in [0.4, 0.5) is 0 Å². The molecule has 1 heterocycles. The molecule has 172 valence electrons. The van der Waals surface area contributed by atoms with Gasteiger partial charge in [0.1, 0.15) is 0 Å². The highest BCUT2D eigenvalue weighted by Crippen LogP contribution is 2.39. The van der Waals surface area contributed by atoms with Gasteiger partial charge < -0.3 is 0 Å². The van der Waals surface area contributed by atoms with Gasteiger partial charge in [0.2, 0.25) is 10.0 Å². The highest BCUT2D eigenvalue weighted by Gasteiger charge is 2.43. The fourth-order valence-corrected chi connectivity index (χ4v) is 7.96. The molecule has 0 unspecified atom stereocenters. The number of hydrogen-bond acceptors (Lipinski definition) is 4. The summed E-state index contributed by atoms with van der Waals surface area (Å²) < 4.78 is 27.3. The number of Topliss-reactive ketones (excluding diaryl/α,β-unsaturated/α-hetero) is 1. The number of ketones is 1. The molecular weight excluding hydrogens is 455 g/mol. The number of nitrogens with zero attached hydrogens (tertiary/aromatic N) is 2. The second-order valence-corrected chi connectivity index (χ2v) is 12.4. The maximum absolute atomic E-state index is 12.9. The van der Waals surface area contributed by atoms with E-state index in [2.05, 4.69) is 4.90 Å². The minimum Gasteiger partial charge on any atom is -0.295 e. The van der Waals surface area contributed by atoms with Crippen LogP contribution in [0.2, 0.25) is 10.0 Å². The molecule has 1 aromatic rings.